The van der Waals surface area contributed by atoms with Gasteiger partial charge >= 0.3 is 0 Å². The molecule has 3 rings (SSSR count). The maximum Gasteiger partial charge on any atom is 0.254 e. The Morgan fingerprint density at radius 1 is 1.29 bits per heavy atom. The van der Waals surface area contributed by atoms with E-state index in [0.29, 0.717) is 23.5 Å². The molecular formula is C16H15NO3S. The molecule has 0 saturated carbocycles. The summed E-state index contributed by atoms with van der Waals surface area (Å²) in [6.45, 7) is 2.33. The van der Waals surface area contributed by atoms with Crippen LogP contribution in [-0.4, -0.2) is 40.9 Å². The molecule has 0 atom stereocenters. The molecule has 1 aliphatic heterocycles. The van der Waals surface area contributed by atoms with Crippen molar-refractivity contribution in [3.05, 3.63) is 46.2 Å². The van der Waals surface area contributed by atoms with E-state index in [1.54, 1.807) is 17.9 Å². The highest BCUT2D eigenvalue weighted by Gasteiger charge is 2.29. The normalized spacial score (nSPS) is 14.9. The molecule has 5 heteroatoms. The number of thiophene rings is 1. The van der Waals surface area contributed by atoms with Crippen LogP contribution in [0.25, 0.3) is 11.1 Å². The predicted molar refractivity (Wildman–Crippen MR) is 81.7 cm³/mol. The highest BCUT2D eigenvalue weighted by atomic mass is 32.1. The van der Waals surface area contributed by atoms with Crippen LogP contribution >= 0.6 is 11.3 Å². The average molecular weight is 301 g/mol. The van der Waals surface area contributed by atoms with Gasteiger partial charge in [0.15, 0.2) is 5.78 Å². The van der Waals surface area contributed by atoms with Gasteiger partial charge in [0.05, 0.1) is 11.0 Å². The minimum Gasteiger partial charge on any atom is -0.389 e. The summed E-state index contributed by atoms with van der Waals surface area (Å²) in [4.78, 5) is 26.2. The summed E-state index contributed by atoms with van der Waals surface area (Å²) in [6.07, 6.45) is -0.404. The van der Waals surface area contributed by atoms with E-state index in [-0.39, 0.29) is 11.7 Å². The Labute approximate surface area is 126 Å². The first kappa shape index (κ1) is 14.0. The fourth-order valence-corrected chi connectivity index (χ4v) is 3.25. The number of aliphatic hydroxyl groups excluding tert-OH is 1. The first-order valence-corrected chi connectivity index (χ1v) is 7.60. The van der Waals surface area contributed by atoms with Gasteiger partial charge in [0.2, 0.25) is 0 Å². The molecule has 1 N–H and O–H groups in total. The fraction of sp³-hybridized carbons (Fsp3) is 0.250. The summed E-state index contributed by atoms with van der Waals surface area (Å²) in [6, 6.07) is 9.19. The third kappa shape index (κ3) is 2.62. The van der Waals surface area contributed by atoms with Crippen LogP contribution in [0.3, 0.4) is 0 Å². The molecule has 0 radical (unpaired) electrons. The standard InChI is InChI=1S/C16H15NO3S/c1-10(18)15-14(5-6-21-15)11-3-2-4-12(7-11)16(20)17-8-13(19)9-17/h2-7,13,19H,8-9H2,1H3. The summed E-state index contributed by atoms with van der Waals surface area (Å²) in [5.41, 5.74) is 2.32. The number of likely N-dealkylation sites (tertiary alicyclic amines) is 1. The third-order valence-corrected chi connectivity index (χ3v) is 4.57. The van der Waals surface area contributed by atoms with Gasteiger partial charge in [-0.15, -0.1) is 11.3 Å². The van der Waals surface area contributed by atoms with E-state index in [1.807, 2.05) is 29.6 Å². The van der Waals surface area contributed by atoms with Crippen molar-refractivity contribution in [1.29, 1.82) is 0 Å². The molecule has 0 aliphatic carbocycles. The Bertz CT molecular complexity index is 701. The molecule has 2 heterocycles. The minimum atomic E-state index is -0.404. The predicted octanol–water partition coefficient (Wildman–Crippen LogP) is 2.43. The lowest BCUT2D eigenvalue weighted by Crippen LogP contribution is -2.53. The number of nitrogens with zero attached hydrogens (tertiary/aromatic N) is 1. The van der Waals surface area contributed by atoms with Crippen LogP contribution in [0.4, 0.5) is 0 Å². The Kier molecular flexibility index (Phi) is 3.61. The number of hydrogen-bond acceptors (Lipinski definition) is 4. The molecule has 0 unspecified atom stereocenters. The number of benzene rings is 1. The van der Waals surface area contributed by atoms with Crippen molar-refractivity contribution in [3.63, 3.8) is 0 Å². The van der Waals surface area contributed by atoms with Gasteiger partial charge in [0, 0.05) is 24.2 Å². The molecule has 1 amide bonds. The van der Waals surface area contributed by atoms with Crippen molar-refractivity contribution >= 4 is 23.0 Å². The van der Waals surface area contributed by atoms with E-state index >= 15 is 0 Å². The zero-order chi connectivity index (χ0) is 15.0. The average Bonchev–Trinajstić information content (AvgIpc) is 2.93. The van der Waals surface area contributed by atoms with Gasteiger partial charge in [-0.1, -0.05) is 12.1 Å². The fourth-order valence-electron chi connectivity index (χ4n) is 2.43. The lowest BCUT2D eigenvalue weighted by molar-refractivity contribution is 0.00590. The van der Waals surface area contributed by atoms with Gasteiger partial charge in [-0.2, -0.15) is 0 Å². The zero-order valence-corrected chi connectivity index (χ0v) is 12.4. The molecule has 108 valence electrons. The topological polar surface area (TPSA) is 57.6 Å². The van der Waals surface area contributed by atoms with Crippen LogP contribution in [0.2, 0.25) is 0 Å². The largest absolute Gasteiger partial charge is 0.389 e. The van der Waals surface area contributed by atoms with E-state index in [9.17, 15) is 14.7 Å². The van der Waals surface area contributed by atoms with Gasteiger partial charge in [0.25, 0.3) is 5.91 Å². The molecule has 1 aromatic carbocycles. The maximum absolute atomic E-state index is 12.3. The monoisotopic (exact) mass is 301 g/mol. The summed E-state index contributed by atoms with van der Waals surface area (Å²) < 4.78 is 0. The number of hydrogen-bond donors (Lipinski definition) is 1. The van der Waals surface area contributed by atoms with Crippen LogP contribution < -0.4 is 0 Å². The van der Waals surface area contributed by atoms with Crippen molar-refractivity contribution < 1.29 is 14.7 Å². The van der Waals surface area contributed by atoms with Gasteiger partial charge in [-0.3, -0.25) is 9.59 Å². The second-order valence-corrected chi connectivity index (χ2v) is 6.08. The van der Waals surface area contributed by atoms with Crippen LogP contribution in [0.5, 0.6) is 0 Å². The lowest BCUT2D eigenvalue weighted by atomic mass is 10.0. The second kappa shape index (κ2) is 5.42. The van der Waals surface area contributed by atoms with Gasteiger partial charge < -0.3 is 10.0 Å². The first-order valence-electron chi connectivity index (χ1n) is 6.72. The molecule has 1 aliphatic rings. The smallest absolute Gasteiger partial charge is 0.254 e. The zero-order valence-electron chi connectivity index (χ0n) is 11.6. The molecule has 4 nitrogen and oxygen atoms in total. The van der Waals surface area contributed by atoms with Crippen LogP contribution in [0, 0.1) is 0 Å². The highest BCUT2D eigenvalue weighted by molar-refractivity contribution is 7.12. The number of aliphatic hydroxyl groups is 1. The molecule has 21 heavy (non-hydrogen) atoms. The van der Waals surface area contributed by atoms with E-state index in [4.69, 9.17) is 0 Å². The Morgan fingerprint density at radius 2 is 2.05 bits per heavy atom. The van der Waals surface area contributed by atoms with E-state index in [2.05, 4.69) is 0 Å². The number of carbonyl (C=O) groups is 2. The number of ketones is 1. The lowest BCUT2D eigenvalue weighted by Gasteiger charge is -2.35. The molecule has 1 saturated heterocycles. The molecule has 1 fully saturated rings. The van der Waals surface area contributed by atoms with E-state index < -0.39 is 6.10 Å². The SMILES string of the molecule is CC(=O)c1sccc1-c1cccc(C(=O)N2CC(O)C2)c1. The number of amides is 1. The van der Waals surface area contributed by atoms with Crippen molar-refractivity contribution in [2.45, 2.75) is 13.0 Å². The van der Waals surface area contributed by atoms with E-state index in [0.717, 1.165) is 11.1 Å². The molecule has 1 aromatic heterocycles. The quantitative estimate of drug-likeness (QED) is 0.886. The highest BCUT2D eigenvalue weighted by Crippen LogP contribution is 2.29. The van der Waals surface area contributed by atoms with Crippen LogP contribution in [-0.2, 0) is 0 Å². The second-order valence-electron chi connectivity index (χ2n) is 5.16. The number of carbonyl (C=O) groups excluding carboxylic acids is 2. The first-order chi connectivity index (χ1) is 10.1. The maximum atomic E-state index is 12.3. The van der Waals surface area contributed by atoms with Crippen molar-refractivity contribution in [1.82, 2.24) is 4.90 Å². The van der Waals surface area contributed by atoms with Crippen molar-refractivity contribution in [2.24, 2.45) is 0 Å². The van der Waals surface area contributed by atoms with Crippen LogP contribution in [0.15, 0.2) is 35.7 Å². The Morgan fingerprint density at radius 3 is 2.71 bits per heavy atom. The molecular weight excluding hydrogens is 286 g/mol. The van der Waals surface area contributed by atoms with Gasteiger partial charge in [-0.25, -0.2) is 0 Å². The summed E-state index contributed by atoms with van der Waals surface area (Å²) >= 11 is 1.41. The Balaban J connectivity index is 1.91. The summed E-state index contributed by atoms with van der Waals surface area (Å²) in [5.74, 6) is -0.0515. The Hall–Kier alpha value is -1.98. The third-order valence-electron chi connectivity index (χ3n) is 3.55. The van der Waals surface area contributed by atoms with Crippen molar-refractivity contribution in [3.8, 4) is 11.1 Å². The number of β-amino-alcohol motifs (C(OH)–C–C–N with tert-alkyl or cyclic N) is 1. The van der Waals surface area contributed by atoms with Gasteiger partial charge in [-0.05, 0) is 36.1 Å². The van der Waals surface area contributed by atoms with Crippen molar-refractivity contribution in [2.75, 3.05) is 13.1 Å². The van der Waals surface area contributed by atoms with Crippen LogP contribution in [0.1, 0.15) is 27.0 Å². The molecule has 0 bridgehead atoms. The molecule has 0 spiro atoms. The minimum absolute atomic E-state index is 0.0302. The van der Waals surface area contributed by atoms with Gasteiger partial charge in [0.1, 0.15) is 0 Å². The number of rotatable bonds is 3. The van der Waals surface area contributed by atoms with E-state index in [1.165, 1.54) is 11.3 Å². The summed E-state index contributed by atoms with van der Waals surface area (Å²) in [5, 5.41) is 11.2. The number of Topliss-reactive ketones (excluding diaryl/α,β-unsaturated/α-hetero) is 1. The summed E-state index contributed by atoms with van der Waals surface area (Å²) in [7, 11) is 0. The molecule has 2 aromatic rings.